The molecular formula is C15H13NO4S. The molecule has 0 aliphatic heterocycles. The summed E-state index contributed by atoms with van der Waals surface area (Å²) in [5.41, 5.74) is 0.819. The van der Waals surface area contributed by atoms with Crippen LogP contribution in [0.25, 0.3) is 0 Å². The van der Waals surface area contributed by atoms with Crippen LogP contribution in [0.4, 0.5) is 0 Å². The zero-order valence-corrected chi connectivity index (χ0v) is 12.1. The molecule has 21 heavy (non-hydrogen) atoms. The van der Waals surface area contributed by atoms with E-state index >= 15 is 0 Å². The van der Waals surface area contributed by atoms with Crippen LogP contribution in [0.15, 0.2) is 65.8 Å². The Kier molecular flexibility index (Phi) is 4.49. The van der Waals surface area contributed by atoms with Crippen molar-refractivity contribution in [3.05, 3.63) is 71.8 Å². The van der Waals surface area contributed by atoms with Gasteiger partial charge in [-0.2, -0.15) is 8.42 Å². The summed E-state index contributed by atoms with van der Waals surface area (Å²) in [6, 6.07) is 17.0. The van der Waals surface area contributed by atoms with Crippen molar-refractivity contribution in [2.45, 2.75) is 0 Å². The van der Waals surface area contributed by atoms with Crippen LogP contribution in [-0.2, 0) is 14.4 Å². The molecule has 2 aromatic rings. The van der Waals surface area contributed by atoms with Gasteiger partial charge in [0.25, 0.3) is 0 Å². The molecule has 2 aromatic carbocycles. The number of oxime groups is 1. The smallest absolute Gasteiger partial charge is 0.287 e. The van der Waals surface area contributed by atoms with Crippen molar-refractivity contribution < 1.29 is 17.5 Å². The average Bonchev–Trinajstić information content (AvgIpc) is 2.48. The maximum Gasteiger partial charge on any atom is 0.325 e. The van der Waals surface area contributed by atoms with Crippen molar-refractivity contribution in [3.8, 4) is 0 Å². The van der Waals surface area contributed by atoms with Crippen LogP contribution < -0.4 is 0 Å². The third-order valence-electron chi connectivity index (χ3n) is 2.56. The molecule has 5 nitrogen and oxygen atoms in total. The molecule has 0 atom stereocenters. The van der Waals surface area contributed by atoms with Gasteiger partial charge in [0.05, 0.1) is 6.26 Å². The lowest BCUT2D eigenvalue weighted by Gasteiger charge is -2.05. The highest BCUT2D eigenvalue weighted by Crippen LogP contribution is 2.10. The second-order valence-corrected chi connectivity index (χ2v) is 5.84. The Hall–Kier alpha value is -2.47. The fourth-order valence-corrected chi connectivity index (χ4v) is 1.86. The molecule has 0 saturated carbocycles. The lowest BCUT2D eigenvalue weighted by molar-refractivity contribution is 0.106. The van der Waals surface area contributed by atoms with E-state index in [4.69, 9.17) is 0 Å². The summed E-state index contributed by atoms with van der Waals surface area (Å²) >= 11 is 0. The molecule has 6 heteroatoms. The third-order valence-corrected chi connectivity index (χ3v) is 2.91. The summed E-state index contributed by atoms with van der Waals surface area (Å²) in [6.07, 6.45) is 0.867. The van der Waals surface area contributed by atoms with Crippen molar-refractivity contribution in [1.82, 2.24) is 0 Å². The number of hydrogen-bond donors (Lipinski definition) is 0. The van der Waals surface area contributed by atoms with Gasteiger partial charge in [0, 0.05) is 11.1 Å². The van der Waals surface area contributed by atoms with Gasteiger partial charge in [-0.25, -0.2) is 0 Å². The van der Waals surface area contributed by atoms with Gasteiger partial charge in [0.15, 0.2) is 5.71 Å². The predicted octanol–water partition coefficient (Wildman–Crippen LogP) is 2.25. The average molecular weight is 303 g/mol. The Balaban J connectivity index is 2.44. The second kappa shape index (κ2) is 6.32. The zero-order chi connectivity index (χ0) is 15.3. The van der Waals surface area contributed by atoms with Crippen LogP contribution >= 0.6 is 0 Å². The van der Waals surface area contributed by atoms with Gasteiger partial charge >= 0.3 is 10.1 Å². The van der Waals surface area contributed by atoms with Crippen molar-refractivity contribution in [1.29, 1.82) is 0 Å². The van der Waals surface area contributed by atoms with Gasteiger partial charge in [-0.1, -0.05) is 65.8 Å². The van der Waals surface area contributed by atoms with Gasteiger partial charge in [-0.05, 0) is 0 Å². The number of carbonyl (C=O) groups excluding carboxylic acids is 1. The largest absolute Gasteiger partial charge is 0.325 e. The van der Waals surface area contributed by atoms with Crippen LogP contribution in [-0.4, -0.2) is 26.2 Å². The van der Waals surface area contributed by atoms with Crippen LogP contribution in [0.3, 0.4) is 0 Å². The number of ketones is 1. The van der Waals surface area contributed by atoms with Gasteiger partial charge in [0.2, 0.25) is 5.78 Å². The van der Waals surface area contributed by atoms with Crippen LogP contribution in [0.5, 0.6) is 0 Å². The molecule has 108 valence electrons. The Labute approximate surface area is 123 Å². The van der Waals surface area contributed by atoms with E-state index in [-0.39, 0.29) is 5.71 Å². The molecule has 0 heterocycles. The topological polar surface area (TPSA) is 72.8 Å². The summed E-state index contributed by atoms with van der Waals surface area (Å²) in [5, 5.41) is 3.52. The molecule has 0 bridgehead atoms. The van der Waals surface area contributed by atoms with Crippen LogP contribution in [0.2, 0.25) is 0 Å². The molecule has 0 spiro atoms. The van der Waals surface area contributed by atoms with E-state index in [1.807, 2.05) is 0 Å². The molecule has 0 radical (unpaired) electrons. The number of nitrogens with zero attached hydrogens (tertiary/aromatic N) is 1. The minimum atomic E-state index is -3.78. The minimum absolute atomic E-state index is 0.0628. The number of benzene rings is 2. The molecule has 0 fully saturated rings. The number of Topliss-reactive ketones (excluding diaryl/α,β-unsaturated/α-hetero) is 1. The first kappa shape index (κ1) is 14.9. The molecule has 0 amide bonds. The fraction of sp³-hybridized carbons (Fsp3) is 0.0667. The standard InChI is InChI=1S/C15H13NO4S/c1-21(18,19)20-16-14(12-8-4-2-5-9-12)15(17)13-10-6-3-7-11-13/h2-11H,1H3. The normalized spacial score (nSPS) is 12.0. The summed E-state index contributed by atoms with van der Waals surface area (Å²) < 4.78 is 26.6. The van der Waals surface area contributed by atoms with E-state index < -0.39 is 15.9 Å². The quantitative estimate of drug-likeness (QED) is 0.482. The number of carbonyl (C=O) groups is 1. The predicted molar refractivity (Wildman–Crippen MR) is 79.7 cm³/mol. The van der Waals surface area contributed by atoms with Crippen molar-refractivity contribution >= 4 is 21.6 Å². The third kappa shape index (κ3) is 4.25. The Morgan fingerprint density at radius 3 is 1.86 bits per heavy atom. The first-order chi connectivity index (χ1) is 9.97. The first-order valence-electron chi connectivity index (χ1n) is 6.09. The van der Waals surface area contributed by atoms with Gasteiger partial charge in [-0.3, -0.25) is 9.08 Å². The molecule has 0 aliphatic rings. The van der Waals surface area contributed by atoms with Crippen molar-refractivity contribution in [2.75, 3.05) is 6.26 Å². The monoisotopic (exact) mass is 303 g/mol. The number of hydrogen-bond acceptors (Lipinski definition) is 5. The summed E-state index contributed by atoms with van der Waals surface area (Å²) in [5.74, 6) is -0.412. The highest BCUT2D eigenvalue weighted by molar-refractivity contribution is 7.85. The molecule has 2 rings (SSSR count). The highest BCUT2D eigenvalue weighted by atomic mass is 32.2. The van der Waals surface area contributed by atoms with E-state index in [1.54, 1.807) is 60.7 Å². The maximum absolute atomic E-state index is 12.5. The summed E-state index contributed by atoms with van der Waals surface area (Å²) in [7, 11) is -3.78. The van der Waals surface area contributed by atoms with Crippen LogP contribution in [0.1, 0.15) is 15.9 Å². The second-order valence-electron chi connectivity index (χ2n) is 4.28. The van der Waals surface area contributed by atoms with Crippen molar-refractivity contribution in [2.24, 2.45) is 5.16 Å². The maximum atomic E-state index is 12.5. The first-order valence-corrected chi connectivity index (χ1v) is 7.91. The minimum Gasteiger partial charge on any atom is -0.287 e. The van der Waals surface area contributed by atoms with E-state index in [0.717, 1.165) is 6.26 Å². The molecule has 0 aromatic heterocycles. The van der Waals surface area contributed by atoms with E-state index in [0.29, 0.717) is 11.1 Å². The lowest BCUT2D eigenvalue weighted by Crippen LogP contribution is -2.17. The van der Waals surface area contributed by atoms with E-state index in [1.165, 1.54) is 0 Å². The van der Waals surface area contributed by atoms with Gasteiger partial charge in [-0.15, -0.1) is 0 Å². The summed E-state index contributed by atoms with van der Waals surface area (Å²) in [4.78, 5) is 12.5. The fourth-order valence-electron chi connectivity index (χ4n) is 1.65. The van der Waals surface area contributed by atoms with Crippen molar-refractivity contribution in [3.63, 3.8) is 0 Å². The van der Waals surface area contributed by atoms with Gasteiger partial charge < -0.3 is 0 Å². The summed E-state index contributed by atoms with van der Waals surface area (Å²) in [6.45, 7) is 0. The highest BCUT2D eigenvalue weighted by Gasteiger charge is 2.18. The lowest BCUT2D eigenvalue weighted by atomic mass is 10.0. The molecule has 0 saturated heterocycles. The van der Waals surface area contributed by atoms with E-state index in [2.05, 4.69) is 9.44 Å². The molecule has 0 N–H and O–H groups in total. The SMILES string of the molecule is CS(=O)(=O)ON=C(C(=O)c1ccccc1)c1ccccc1. The Bertz CT molecular complexity index is 753. The van der Waals surface area contributed by atoms with Gasteiger partial charge in [0.1, 0.15) is 0 Å². The molecular weight excluding hydrogens is 290 g/mol. The Morgan fingerprint density at radius 1 is 0.905 bits per heavy atom. The molecule has 0 aliphatic carbocycles. The molecule has 0 unspecified atom stereocenters. The zero-order valence-electron chi connectivity index (χ0n) is 11.3. The Morgan fingerprint density at radius 2 is 1.38 bits per heavy atom. The van der Waals surface area contributed by atoms with Crippen LogP contribution in [0, 0.1) is 0 Å². The van der Waals surface area contributed by atoms with E-state index in [9.17, 15) is 13.2 Å². The number of rotatable bonds is 5.